The molecule has 16 heavy (non-hydrogen) atoms. The molecule has 1 fully saturated rings. The lowest BCUT2D eigenvalue weighted by molar-refractivity contribution is 0.138. The molecule has 1 N–H and O–H groups in total. The zero-order chi connectivity index (χ0) is 12.1. The van der Waals surface area contributed by atoms with Crippen LogP contribution in [0.1, 0.15) is 20.3 Å². The normalized spacial score (nSPS) is 24.6. The molecule has 2 atom stereocenters. The predicted octanol–water partition coefficient (Wildman–Crippen LogP) is 1.13. The minimum atomic E-state index is 0.312. The van der Waals surface area contributed by atoms with Crippen LogP contribution in [0.2, 0.25) is 0 Å². The SMILES string of the molecule is CC(C)C(CO)CN(C)CC1CCN(C)C1. The Hall–Kier alpha value is -0.120. The van der Waals surface area contributed by atoms with E-state index >= 15 is 0 Å². The highest BCUT2D eigenvalue weighted by Crippen LogP contribution is 2.17. The molecule has 0 aromatic carbocycles. The predicted molar refractivity (Wildman–Crippen MR) is 68.5 cm³/mol. The molecule has 1 aliphatic heterocycles. The van der Waals surface area contributed by atoms with Gasteiger partial charge in [0.1, 0.15) is 0 Å². The van der Waals surface area contributed by atoms with Crippen molar-refractivity contribution in [2.45, 2.75) is 20.3 Å². The van der Waals surface area contributed by atoms with Gasteiger partial charge in [-0.15, -0.1) is 0 Å². The molecule has 1 rings (SSSR count). The summed E-state index contributed by atoms with van der Waals surface area (Å²) in [5.41, 5.74) is 0. The molecule has 96 valence electrons. The van der Waals surface area contributed by atoms with E-state index < -0.39 is 0 Å². The number of aliphatic hydroxyl groups excluding tert-OH is 1. The Kier molecular flexibility index (Phi) is 5.73. The van der Waals surface area contributed by atoms with Crippen molar-refractivity contribution in [3.63, 3.8) is 0 Å². The maximum Gasteiger partial charge on any atom is 0.0473 e. The largest absolute Gasteiger partial charge is 0.396 e. The van der Waals surface area contributed by atoms with Crippen molar-refractivity contribution in [1.82, 2.24) is 9.80 Å². The molecule has 0 aromatic heterocycles. The molecule has 3 nitrogen and oxygen atoms in total. The number of rotatable bonds is 6. The zero-order valence-corrected chi connectivity index (χ0v) is 11.3. The molecule has 0 saturated carbocycles. The molecule has 0 amide bonds. The number of hydrogen-bond acceptors (Lipinski definition) is 3. The average molecular weight is 228 g/mol. The van der Waals surface area contributed by atoms with Crippen molar-refractivity contribution in [2.75, 3.05) is 46.9 Å². The molecule has 0 bridgehead atoms. The van der Waals surface area contributed by atoms with Crippen molar-refractivity contribution in [3.8, 4) is 0 Å². The van der Waals surface area contributed by atoms with Gasteiger partial charge < -0.3 is 14.9 Å². The summed E-state index contributed by atoms with van der Waals surface area (Å²) in [6.07, 6.45) is 1.33. The van der Waals surface area contributed by atoms with Gasteiger partial charge in [-0.25, -0.2) is 0 Å². The highest BCUT2D eigenvalue weighted by Gasteiger charge is 2.22. The van der Waals surface area contributed by atoms with Gasteiger partial charge in [0.2, 0.25) is 0 Å². The Bertz CT molecular complexity index is 196. The second-order valence-corrected chi connectivity index (χ2v) is 5.82. The molecule has 1 saturated heterocycles. The topological polar surface area (TPSA) is 26.7 Å². The van der Waals surface area contributed by atoms with E-state index in [0.717, 1.165) is 12.5 Å². The molecule has 0 aliphatic carbocycles. The average Bonchev–Trinajstić information content (AvgIpc) is 2.60. The van der Waals surface area contributed by atoms with Crippen LogP contribution in [0.15, 0.2) is 0 Å². The summed E-state index contributed by atoms with van der Waals surface area (Å²) < 4.78 is 0. The summed E-state index contributed by atoms with van der Waals surface area (Å²) in [5, 5.41) is 9.31. The van der Waals surface area contributed by atoms with E-state index in [2.05, 4.69) is 37.7 Å². The van der Waals surface area contributed by atoms with E-state index in [0.29, 0.717) is 18.4 Å². The minimum Gasteiger partial charge on any atom is -0.396 e. The molecular formula is C13H28N2O. The van der Waals surface area contributed by atoms with Gasteiger partial charge in [-0.1, -0.05) is 13.8 Å². The van der Waals surface area contributed by atoms with Crippen molar-refractivity contribution in [2.24, 2.45) is 17.8 Å². The van der Waals surface area contributed by atoms with Crippen molar-refractivity contribution in [3.05, 3.63) is 0 Å². The van der Waals surface area contributed by atoms with Gasteiger partial charge in [0.15, 0.2) is 0 Å². The van der Waals surface area contributed by atoms with Gasteiger partial charge in [-0.05, 0) is 44.8 Å². The standard InChI is InChI=1S/C13H28N2O/c1-11(2)13(10-16)9-15(4)8-12-5-6-14(3)7-12/h11-13,16H,5-10H2,1-4H3. The first-order valence-corrected chi connectivity index (χ1v) is 6.50. The van der Waals surface area contributed by atoms with Gasteiger partial charge >= 0.3 is 0 Å². The summed E-state index contributed by atoms with van der Waals surface area (Å²) >= 11 is 0. The molecule has 3 heteroatoms. The van der Waals surface area contributed by atoms with Gasteiger partial charge in [0.05, 0.1) is 0 Å². The Labute approximate surface area is 100 Å². The Morgan fingerprint density at radius 2 is 2.12 bits per heavy atom. The van der Waals surface area contributed by atoms with Crippen LogP contribution in [0.3, 0.4) is 0 Å². The smallest absolute Gasteiger partial charge is 0.0473 e. The van der Waals surface area contributed by atoms with Gasteiger partial charge in [0.25, 0.3) is 0 Å². The number of nitrogens with zero attached hydrogens (tertiary/aromatic N) is 2. The van der Waals surface area contributed by atoms with Crippen LogP contribution in [0.4, 0.5) is 0 Å². The van der Waals surface area contributed by atoms with E-state index in [9.17, 15) is 5.11 Å². The fraction of sp³-hybridized carbons (Fsp3) is 1.00. The van der Waals surface area contributed by atoms with Crippen LogP contribution in [-0.2, 0) is 0 Å². The van der Waals surface area contributed by atoms with E-state index in [-0.39, 0.29) is 0 Å². The third-order valence-corrected chi connectivity index (χ3v) is 3.78. The molecular weight excluding hydrogens is 200 g/mol. The number of aliphatic hydroxyl groups is 1. The van der Waals surface area contributed by atoms with E-state index in [1.165, 1.54) is 26.1 Å². The van der Waals surface area contributed by atoms with Gasteiger partial charge in [0, 0.05) is 26.2 Å². The molecule has 1 aliphatic rings. The minimum absolute atomic E-state index is 0.312. The second kappa shape index (κ2) is 6.58. The van der Waals surface area contributed by atoms with Crippen molar-refractivity contribution < 1.29 is 5.11 Å². The first kappa shape index (κ1) is 13.9. The maximum atomic E-state index is 9.31. The fourth-order valence-corrected chi connectivity index (χ4v) is 2.57. The second-order valence-electron chi connectivity index (χ2n) is 5.82. The Morgan fingerprint density at radius 1 is 1.44 bits per heavy atom. The zero-order valence-electron chi connectivity index (χ0n) is 11.3. The first-order valence-electron chi connectivity index (χ1n) is 6.50. The lowest BCUT2D eigenvalue weighted by Crippen LogP contribution is -2.34. The summed E-state index contributed by atoms with van der Waals surface area (Å²) in [7, 11) is 4.38. The Morgan fingerprint density at radius 3 is 2.56 bits per heavy atom. The maximum absolute atomic E-state index is 9.31. The van der Waals surface area contributed by atoms with E-state index in [4.69, 9.17) is 0 Å². The van der Waals surface area contributed by atoms with Crippen LogP contribution >= 0.6 is 0 Å². The molecule has 0 aromatic rings. The van der Waals surface area contributed by atoms with Crippen LogP contribution in [0.25, 0.3) is 0 Å². The monoisotopic (exact) mass is 228 g/mol. The number of likely N-dealkylation sites (tertiary alicyclic amines) is 1. The van der Waals surface area contributed by atoms with Crippen molar-refractivity contribution in [1.29, 1.82) is 0 Å². The fourth-order valence-electron chi connectivity index (χ4n) is 2.57. The highest BCUT2D eigenvalue weighted by molar-refractivity contribution is 4.76. The van der Waals surface area contributed by atoms with Gasteiger partial charge in [-0.3, -0.25) is 0 Å². The van der Waals surface area contributed by atoms with Crippen molar-refractivity contribution >= 4 is 0 Å². The third kappa shape index (κ3) is 4.40. The summed E-state index contributed by atoms with van der Waals surface area (Å²) in [5.74, 6) is 1.81. The van der Waals surface area contributed by atoms with E-state index in [1.54, 1.807) is 0 Å². The highest BCUT2D eigenvalue weighted by atomic mass is 16.3. The lowest BCUT2D eigenvalue weighted by Gasteiger charge is -2.27. The molecule has 1 heterocycles. The summed E-state index contributed by atoms with van der Waals surface area (Å²) in [6.45, 7) is 9.37. The van der Waals surface area contributed by atoms with E-state index in [1.807, 2.05) is 0 Å². The number of hydrogen-bond donors (Lipinski definition) is 1. The third-order valence-electron chi connectivity index (χ3n) is 3.78. The Balaban J connectivity index is 2.26. The van der Waals surface area contributed by atoms with Crippen LogP contribution in [0.5, 0.6) is 0 Å². The van der Waals surface area contributed by atoms with Crippen LogP contribution in [-0.4, -0.2) is 61.8 Å². The summed E-state index contributed by atoms with van der Waals surface area (Å²) in [6, 6.07) is 0. The van der Waals surface area contributed by atoms with Crippen LogP contribution in [0, 0.1) is 17.8 Å². The summed E-state index contributed by atoms with van der Waals surface area (Å²) in [4.78, 5) is 4.80. The first-order chi connectivity index (χ1) is 7.52. The molecule has 2 unspecified atom stereocenters. The van der Waals surface area contributed by atoms with Gasteiger partial charge in [-0.2, -0.15) is 0 Å². The lowest BCUT2D eigenvalue weighted by atomic mass is 9.96. The van der Waals surface area contributed by atoms with Crippen LogP contribution < -0.4 is 0 Å². The quantitative estimate of drug-likeness (QED) is 0.738. The molecule has 0 spiro atoms. The molecule has 0 radical (unpaired) electrons.